The summed E-state index contributed by atoms with van der Waals surface area (Å²) in [6, 6.07) is 29.0. The van der Waals surface area contributed by atoms with Crippen LogP contribution < -0.4 is 9.47 Å². The molecule has 0 bridgehead atoms. The van der Waals surface area contributed by atoms with Gasteiger partial charge in [0.15, 0.2) is 0 Å². The van der Waals surface area contributed by atoms with Crippen molar-refractivity contribution in [2.24, 2.45) is 0 Å². The van der Waals surface area contributed by atoms with Crippen molar-refractivity contribution in [1.82, 2.24) is 17.5 Å². The third kappa shape index (κ3) is 4.09. The van der Waals surface area contributed by atoms with Gasteiger partial charge in [-0.25, -0.2) is 0 Å². The number of imidazole rings is 1. The Morgan fingerprint density at radius 3 is 1.97 bits per heavy atom. The van der Waals surface area contributed by atoms with Gasteiger partial charge in [0.05, 0.1) is 14.2 Å². The summed E-state index contributed by atoms with van der Waals surface area (Å²) >= 11 is -0.0294. The third-order valence-corrected chi connectivity index (χ3v) is 7.35. The van der Waals surface area contributed by atoms with Crippen LogP contribution in [0.3, 0.4) is 0 Å². The number of rotatable bonds is 6. The molecule has 172 valence electrons. The molecule has 0 N–H and O–H groups in total. The first-order valence-corrected chi connectivity index (χ1v) is 12.8. The second-order valence-corrected chi connectivity index (χ2v) is 9.38. The molecule has 6 aromatic rings. The fourth-order valence-corrected chi connectivity index (χ4v) is 5.39. The Labute approximate surface area is 209 Å². The van der Waals surface area contributed by atoms with Crippen LogP contribution in [0.15, 0.2) is 84.9 Å². The molecule has 35 heavy (non-hydrogen) atoms. The molecular weight excluding hydrogens is 503 g/mol. The predicted octanol–water partition coefficient (Wildman–Crippen LogP) is 5.44. The second-order valence-electron chi connectivity index (χ2n) is 8.27. The van der Waals surface area contributed by atoms with E-state index in [2.05, 4.69) is 73.2 Å². The van der Waals surface area contributed by atoms with E-state index in [1.54, 1.807) is 14.2 Å². The number of hydrogen-bond acceptors (Lipinski definition) is 5. The quantitative estimate of drug-likeness (QED) is 0.271. The van der Waals surface area contributed by atoms with E-state index in [-0.39, 0.29) is 15.0 Å². The summed E-state index contributed by atoms with van der Waals surface area (Å²) in [5, 5.41) is 0. The Balaban J connectivity index is 1.47. The summed E-state index contributed by atoms with van der Waals surface area (Å²) in [6.45, 7) is 0.697. The molecule has 0 aliphatic rings. The molecule has 0 amide bonds. The second kappa shape index (κ2) is 9.02. The van der Waals surface area contributed by atoms with Crippen molar-refractivity contribution in [1.29, 1.82) is 0 Å². The smallest absolute Gasteiger partial charge is 0.0196 e. The molecule has 6 rings (SSSR count). The first kappa shape index (κ1) is 21.6. The Bertz CT molecular complexity index is 1640. The number of nitrogens with zero attached hydrogens (tertiary/aromatic N) is 4. The van der Waals surface area contributed by atoms with Crippen LogP contribution in [0.1, 0.15) is 5.56 Å². The van der Waals surface area contributed by atoms with Crippen LogP contribution in [0.4, 0.5) is 0 Å². The van der Waals surface area contributed by atoms with Gasteiger partial charge in [0.2, 0.25) is 0 Å². The topological polar surface area (TPSA) is 62.1 Å². The predicted molar refractivity (Wildman–Crippen MR) is 139 cm³/mol. The fraction of sp³-hybridized carbons (Fsp3) is 0.107. The number of fused-ring (bicyclic) bond motifs is 2. The normalized spacial score (nSPS) is 11.3. The van der Waals surface area contributed by atoms with Crippen LogP contribution in [-0.2, 0) is 6.54 Å². The zero-order valence-electron chi connectivity index (χ0n) is 19.3. The maximum atomic E-state index is 5.36. The van der Waals surface area contributed by atoms with E-state index in [4.69, 9.17) is 14.5 Å². The number of aromatic nitrogens is 4. The van der Waals surface area contributed by atoms with Crippen molar-refractivity contribution in [2.45, 2.75) is 6.54 Å². The number of hydrogen-bond donors (Lipinski definition) is 0. The van der Waals surface area contributed by atoms with Crippen molar-refractivity contribution in [2.75, 3.05) is 14.2 Å². The molecule has 0 aliphatic carbocycles. The summed E-state index contributed by atoms with van der Waals surface area (Å²) in [5.74, 6) is 2.59. The van der Waals surface area contributed by atoms with Gasteiger partial charge in [-0.15, -0.1) is 0 Å². The molecule has 0 saturated heterocycles. The van der Waals surface area contributed by atoms with Gasteiger partial charge in [0, 0.05) is 0 Å². The average Bonchev–Trinajstić information content (AvgIpc) is 3.53. The summed E-state index contributed by atoms with van der Waals surface area (Å²) < 4.78 is 21.9. The number of methoxy groups -OCH3 is 2. The van der Waals surface area contributed by atoms with Crippen LogP contribution in [0.25, 0.3) is 44.6 Å². The minimum atomic E-state index is -0.0294. The minimum absolute atomic E-state index is 0.0294. The third-order valence-electron chi connectivity index (χ3n) is 6.18. The number of benzene rings is 4. The average molecular weight is 525 g/mol. The standard InChI is InChI=1S/C28H22N4O2Se/c1-33-22-9-3-18(4-10-22)17-32-27-14-8-21(20-7-13-24-25(15-20)31-35-30-24)16-26(27)29-28(32)19-5-11-23(34-2)12-6-19/h3-16H,17H2,1-2H3. The minimum Gasteiger partial charge on any atom is -0.0196 e. The van der Waals surface area contributed by atoms with Gasteiger partial charge in [-0.2, -0.15) is 0 Å². The van der Waals surface area contributed by atoms with Crippen molar-refractivity contribution < 1.29 is 9.47 Å². The zero-order valence-corrected chi connectivity index (χ0v) is 21.0. The molecule has 0 atom stereocenters. The molecule has 2 aromatic heterocycles. The van der Waals surface area contributed by atoms with E-state index in [9.17, 15) is 0 Å². The molecule has 2 heterocycles. The van der Waals surface area contributed by atoms with Gasteiger partial charge < -0.3 is 9.47 Å². The Hall–Kier alpha value is -3.93. The molecule has 0 spiro atoms. The SMILES string of the molecule is COc1ccc(Cn2c(-c3ccc(OC)cc3)nc3cc(-c4ccc5n[se]nc5c4)ccc32)cc1. The van der Waals surface area contributed by atoms with Crippen LogP contribution >= 0.6 is 0 Å². The van der Waals surface area contributed by atoms with Crippen molar-refractivity contribution in [3.63, 3.8) is 0 Å². The monoisotopic (exact) mass is 526 g/mol. The van der Waals surface area contributed by atoms with Crippen LogP contribution in [-0.4, -0.2) is 46.7 Å². The summed E-state index contributed by atoms with van der Waals surface area (Å²) in [4.78, 5) is 5.09. The first-order valence-electron chi connectivity index (χ1n) is 11.2. The fourth-order valence-electron chi connectivity index (χ4n) is 4.31. The molecule has 0 saturated carbocycles. The van der Waals surface area contributed by atoms with Crippen LogP contribution in [0.2, 0.25) is 0 Å². The summed E-state index contributed by atoms with van der Waals surface area (Å²) in [6.07, 6.45) is 0. The molecule has 0 unspecified atom stereocenters. The van der Waals surface area contributed by atoms with Gasteiger partial charge in [0.25, 0.3) is 0 Å². The Morgan fingerprint density at radius 1 is 0.657 bits per heavy atom. The summed E-state index contributed by atoms with van der Waals surface area (Å²) in [5.41, 5.74) is 8.45. The van der Waals surface area contributed by atoms with Crippen molar-refractivity contribution >= 4 is 37.0 Å². The van der Waals surface area contributed by atoms with E-state index in [1.807, 2.05) is 24.3 Å². The van der Waals surface area contributed by atoms with Gasteiger partial charge in [-0.05, 0) is 12.1 Å². The Kier molecular flexibility index (Phi) is 5.57. The number of ether oxygens (including phenoxy) is 2. The molecule has 4 aromatic carbocycles. The maximum absolute atomic E-state index is 5.36. The van der Waals surface area contributed by atoms with Gasteiger partial charge in [-0.3, -0.25) is 0 Å². The first-order chi connectivity index (χ1) is 17.2. The van der Waals surface area contributed by atoms with E-state index in [0.717, 1.165) is 56.1 Å². The molecule has 7 heteroatoms. The van der Waals surface area contributed by atoms with Crippen LogP contribution in [0.5, 0.6) is 11.5 Å². The van der Waals surface area contributed by atoms with E-state index in [0.29, 0.717) is 6.54 Å². The Morgan fingerprint density at radius 2 is 1.26 bits per heavy atom. The van der Waals surface area contributed by atoms with Crippen LogP contribution in [0, 0.1) is 0 Å². The molecule has 6 nitrogen and oxygen atoms in total. The summed E-state index contributed by atoms with van der Waals surface area (Å²) in [7, 11) is 3.36. The van der Waals surface area contributed by atoms with Gasteiger partial charge >= 0.3 is 162 Å². The molecule has 0 radical (unpaired) electrons. The van der Waals surface area contributed by atoms with E-state index < -0.39 is 0 Å². The van der Waals surface area contributed by atoms with Gasteiger partial charge in [-0.1, -0.05) is 0 Å². The molecule has 0 aliphatic heterocycles. The zero-order chi connectivity index (χ0) is 23.8. The van der Waals surface area contributed by atoms with Crippen molar-refractivity contribution in [3.8, 4) is 34.0 Å². The van der Waals surface area contributed by atoms with E-state index in [1.165, 1.54) is 5.56 Å². The molecular formula is C28H22N4O2Se. The van der Waals surface area contributed by atoms with Crippen molar-refractivity contribution in [3.05, 3.63) is 90.5 Å². The van der Waals surface area contributed by atoms with Gasteiger partial charge in [0.1, 0.15) is 11.5 Å². The van der Waals surface area contributed by atoms with E-state index >= 15 is 0 Å². The molecule has 0 fully saturated rings.